The van der Waals surface area contributed by atoms with E-state index in [1.54, 1.807) is 6.20 Å². The molecular formula is C15H16BrClN4. The zero-order valence-electron chi connectivity index (χ0n) is 11.8. The Bertz CT molecular complexity index is 769. The van der Waals surface area contributed by atoms with Crippen LogP contribution in [-0.2, 0) is 7.05 Å². The van der Waals surface area contributed by atoms with E-state index in [2.05, 4.69) is 60.2 Å². The molecule has 0 atom stereocenters. The van der Waals surface area contributed by atoms with Crippen molar-refractivity contribution >= 4 is 45.2 Å². The van der Waals surface area contributed by atoms with E-state index in [9.17, 15) is 0 Å². The number of fused-ring (bicyclic) bond motifs is 1. The van der Waals surface area contributed by atoms with E-state index in [0.29, 0.717) is 5.95 Å². The highest BCUT2D eigenvalue weighted by molar-refractivity contribution is 9.10. The zero-order chi connectivity index (χ0) is 14.1. The van der Waals surface area contributed by atoms with E-state index < -0.39 is 0 Å². The van der Waals surface area contributed by atoms with Crippen LogP contribution in [0, 0.1) is 0 Å². The van der Waals surface area contributed by atoms with Crippen LogP contribution in [-0.4, -0.2) is 21.1 Å². The highest BCUT2D eigenvalue weighted by atomic mass is 79.9. The van der Waals surface area contributed by atoms with Gasteiger partial charge in [-0.1, -0.05) is 22.0 Å². The average Bonchev–Trinajstić information content (AvgIpc) is 2.77. The molecule has 0 aliphatic heterocycles. The maximum atomic E-state index is 4.57. The van der Waals surface area contributed by atoms with Gasteiger partial charge in [-0.15, -0.1) is 12.4 Å². The van der Waals surface area contributed by atoms with Gasteiger partial charge in [-0.25, -0.2) is 9.97 Å². The number of aryl methyl sites for hydroxylation is 1. The lowest BCUT2D eigenvalue weighted by molar-refractivity contribution is 0.968. The number of halogens is 2. The number of hydrogen-bond donors (Lipinski definition) is 1. The van der Waals surface area contributed by atoms with Gasteiger partial charge < -0.3 is 9.88 Å². The van der Waals surface area contributed by atoms with Crippen molar-refractivity contribution < 1.29 is 0 Å². The minimum absolute atomic E-state index is 0. The average molecular weight is 368 g/mol. The maximum absolute atomic E-state index is 4.57. The smallest absolute Gasteiger partial charge is 0.223 e. The Balaban J connectivity index is 0.00000161. The van der Waals surface area contributed by atoms with Crippen molar-refractivity contribution in [3.63, 3.8) is 0 Å². The molecule has 0 saturated heterocycles. The molecule has 0 bridgehead atoms. The number of benzene rings is 1. The highest BCUT2D eigenvalue weighted by Gasteiger charge is 2.10. The lowest BCUT2D eigenvalue weighted by Gasteiger charge is -2.03. The van der Waals surface area contributed by atoms with E-state index >= 15 is 0 Å². The molecule has 0 spiro atoms. The first-order valence-corrected chi connectivity index (χ1v) is 7.30. The lowest BCUT2D eigenvalue weighted by Crippen LogP contribution is -2.01. The molecule has 1 N–H and O–H groups in total. The van der Waals surface area contributed by atoms with Gasteiger partial charge in [0.05, 0.1) is 5.69 Å². The van der Waals surface area contributed by atoms with Crippen molar-refractivity contribution in [1.82, 2.24) is 14.5 Å². The van der Waals surface area contributed by atoms with Gasteiger partial charge in [-0.2, -0.15) is 0 Å². The molecule has 1 aromatic carbocycles. The number of aromatic nitrogens is 3. The second-order valence-corrected chi connectivity index (χ2v) is 5.53. The molecule has 0 aliphatic rings. The van der Waals surface area contributed by atoms with E-state index in [4.69, 9.17) is 0 Å². The van der Waals surface area contributed by atoms with Gasteiger partial charge in [0.15, 0.2) is 0 Å². The summed E-state index contributed by atoms with van der Waals surface area (Å²) in [5.74, 6) is 0.666. The summed E-state index contributed by atoms with van der Waals surface area (Å²) in [7, 11) is 2.05. The molecule has 0 aliphatic carbocycles. The molecular weight excluding hydrogens is 352 g/mol. The molecule has 0 fully saturated rings. The van der Waals surface area contributed by atoms with Gasteiger partial charge in [-0.05, 0) is 25.1 Å². The van der Waals surface area contributed by atoms with Crippen molar-refractivity contribution in [2.24, 2.45) is 7.05 Å². The Hall–Kier alpha value is -1.59. The topological polar surface area (TPSA) is 42.7 Å². The van der Waals surface area contributed by atoms with Crippen molar-refractivity contribution in [2.45, 2.75) is 6.92 Å². The van der Waals surface area contributed by atoms with Crippen LogP contribution in [0.3, 0.4) is 0 Å². The molecule has 6 heteroatoms. The molecule has 0 amide bonds. The van der Waals surface area contributed by atoms with Crippen molar-refractivity contribution in [2.75, 3.05) is 11.9 Å². The summed E-state index contributed by atoms with van der Waals surface area (Å²) < 4.78 is 3.19. The quantitative estimate of drug-likeness (QED) is 0.752. The zero-order valence-corrected chi connectivity index (χ0v) is 14.2. The molecule has 3 rings (SSSR count). The molecule has 4 nitrogen and oxygen atoms in total. The second kappa shape index (κ2) is 6.45. The number of anilines is 1. The van der Waals surface area contributed by atoms with Crippen LogP contribution < -0.4 is 5.32 Å². The third-order valence-corrected chi connectivity index (χ3v) is 3.71. The fourth-order valence-electron chi connectivity index (χ4n) is 2.31. The summed E-state index contributed by atoms with van der Waals surface area (Å²) in [6.07, 6.45) is 3.90. The van der Waals surface area contributed by atoms with Crippen LogP contribution in [0.25, 0.3) is 22.2 Å². The summed E-state index contributed by atoms with van der Waals surface area (Å²) in [6, 6.07) is 8.23. The van der Waals surface area contributed by atoms with Crippen LogP contribution in [0.2, 0.25) is 0 Å². The minimum atomic E-state index is 0. The minimum Gasteiger partial charge on any atom is -0.354 e. The summed E-state index contributed by atoms with van der Waals surface area (Å²) in [4.78, 5) is 8.79. The monoisotopic (exact) mass is 366 g/mol. The van der Waals surface area contributed by atoms with Gasteiger partial charge in [0.1, 0.15) is 0 Å². The van der Waals surface area contributed by atoms with Gasteiger partial charge in [0, 0.05) is 46.9 Å². The number of rotatable bonds is 3. The van der Waals surface area contributed by atoms with Crippen LogP contribution >= 0.6 is 28.3 Å². The lowest BCUT2D eigenvalue weighted by atomic mass is 10.1. The Kier molecular flexibility index (Phi) is 4.85. The van der Waals surface area contributed by atoms with Crippen LogP contribution in [0.1, 0.15) is 6.92 Å². The third kappa shape index (κ3) is 3.04. The molecule has 21 heavy (non-hydrogen) atoms. The van der Waals surface area contributed by atoms with Gasteiger partial charge in [0.2, 0.25) is 5.95 Å². The normalized spacial score (nSPS) is 10.4. The Morgan fingerprint density at radius 3 is 2.86 bits per heavy atom. The summed E-state index contributed by atoms with van der Waals surface area (Å²) in [5, 5.41) is 4.34. The first-order valence-electron chi connectivity index (χ1n) is 6.51. The van der Waals surface area contributed by atoms with Crippen LogP contribution in [0.4, 0.5) is 5.95 Å². The molecule has 0 unspecified atom stereocenters. The van der Waals surface area contributed by atoms with Crippen LogP contribution in [0.15, 0.2) is 41.1 Å². The van der Waals surface area contributed by atoms with Gasteiger partial charge in [-0.3, -0.25) is 0 Å². The summed E-state index contributed by atoms with van der Waals surface area (Å²) in [6.45, 7) is 2.84. The third-order valence-electron chi connectivity index (χ3n) is 3.22. The Morgan fingerprint density at radius 2 is 2.10 bits per heavy atom. The summed E-state index contributed by atoms with van der Waals surface area (Å²) >= 11 is 3.52. The molecule has 2 aromatic heterocycles. The fourth-order valence-corrected chi connectivity index (χ4v) is 2.66. The second-order valence-electron chi connectivity index (χ2n) is 4.61. The first kappa shape index (κ1) is 15.8. The Labute approximate surface area is 138 Å². The van der Waals surface area contributed by atoms with E-state index in [0.717, 1.165) is 22.3 Å². The van der Waals surface area contributed by atoms with Crippen molar-refractivity contribution in [3.05, 3.63) is 41.1 Å². The fraction of sp³-hybridized carbons (Fsp3) is 0.200. The molecule has 110 valence electrons. The van der Waals surface area contributed by atoms with E-state index in [1.807, 2.05) is 20.0 Å². The van der Waals surface area contributed by atoms with Crippen molar-refractivity contribution in [1.29, 1.82) is 0 Å². The standard InChI is InChI=1S/C15H15BrN4.ClH/c1-3-17-15-18-7-6-13(19-15)12-9-20(2)14-8-10(16)4-5-11(12)14;/h4-9H,3H2,1-2H3,(H,17,18,19);1H. The molecule has 0 saturated carbocycles. The molecule has 2 heterocycles. The SMILES string of the molecule is CCNc1nccc(-c2cn(C)c3cc(Br)ccc23)n1.Cl. The van der Waals surface area contributed by atoms with Crippen molar-refractivity contribution in [3.8, 4) is 11.3 Å². The largest absolute Gasteiger partial charge is 0.354 e. The van der Waals surface area contributed by atoms with Gasteiger partial charge in [0.25, 0.3) is 0 Å². The number of hydrogen-bond acceptors (Lipinski definition) is 3. The van der Waals surface area contributed by atoms with Gasteiger partial charge >= 0.3 is 0 Å². The Morgan fingerprint density at radius 1 is 1.29 bits per heavy atom. The summed E-state index contributed by atoms with van der Waals surface area (Å²) in [5.41, 5.74) is 3.23. The van der Waals surface area contributed by atoms with E-state index in [-0.39, 0.29) is 12.4 Å². The molecule has 0 radical (unpaired) electrons. The van der Waals surface area contributed by atoms with E-state index in [1.165, 1.54) is 10.9 Å². The maximum Gasteiger partial charge on any atom is 0.223 e. The number of nitrogens with zero attached hydrogens (tertiary/aromatic N) is 3. The predicted octanol–water partition coefficient (Wildman–Crippen LogP) is 4.25. The van der Waals surface area contributed by atoms with Crippen LogP contribution in [0.5, 0.6) is 0 Å². The first-order chi connectivity index (χ1) is 9.69. The predicted molar refractivity (Wildman–Crippen MR) is 93.1 cm³/mol. The molecule has 3 aromatic rings. The number of nitrogens with one attached hydrogen (secondary N) is 1. The highest BCUT2D eigenvalue weighted by Crippen LogP contribution is 2.30.